The lowest BCUT2D eigenvalue weighted by molar-refractivity contribution is -0.128. The number of hydrogen-bond acceptors (Lipinski definition) is 3. The summed E-state index contributed by atoms with van der Waals surface area (Å²) in [5.41, 5.74) is 4.32. The summed E-state index contributed by atoms with van der Waals surface area (Å²) in [6.07, 6.45) is 2.64. The number of methoxy groups -OCH3 is 1. The van der Waals surface area contributed by atoms with E-state index in [4.69, 9.17) is 4.74 Å². The minimum atomic E-state index is -0.434. The van der Waals surface area contributed by atoms with E-state index in [0.29, 0.717) is 41.9 Å². The van der Waals surface area contributed by atoms with Crippen LogP contribution in [0.4, 0.5) is 4.39 Å². The third-order valence-electron chi connectivity index (χ3n) is 6.16. The van der Waals surface area contributed by atoms with Crippen LogP contribution in [0.5, 0.6) is 5.75 Å². The highest BCUT2D eigenvalue weighted by atomic mass is 19.1. The molecule has 0 saturated carbocycles. The Morgan fingerprint density at radius 1 is 1.18 bits per heavy atom. The Morgan fingerprint density at radius 2 is 1.94 bits per heavy atom. The molecule has 4 rings (SSSR count). The van der Waals surface area contributed by atoms with Crippen LogP contribution in [0.25, 0.3) is 27.6 Å². The van der Waals surface area contributed by atoms with E-state index in [-0.39, 0.29) is 17.3 Å². The fourth-order valence-corrected chi connectivity index (χ4v) is 4.42. The van der Waals surface area contributed by atoms with Gasteiger partial charge in [0, 0.05) is 50.6 Å². The quantitative estimate of drug-likeness (QED) is 0.632. The van der Waals surface area contributed by atoms with Crippen LogP contribution < -0.4 is 4.74 Å². The first kappa shape index (κ1) is 22.6. The predicted octanol–water partition coefficient (Wildman–Crippen LogP) is 4.63. The van der Waals surface area contributed by atoms with Crippen molar-refractivity contribution in [2.45, 2.75) is 20.3 Å². The standard InChI is InChI=1S/C26H28FN3O3/c1-15-8-6-10-22(33-5)23(15)19-12-18(17-9-7-11-30(14-17)16(2)31)24(27)25-20(19)13-21(28-25)26(32)29(3)4/h6,8-10,12-13,28H,7,11,14H2,1-5H3. The maximum absolute atomic E-state index is 15.9. The van der Waals surface area contributed by atoms with Gasteiger partial charge in [-0.05, 0) is 48.2 Å². The van der Waals surface area contributed by atoms with E-state index < -0.39 is 5.82 Å². The number of aromatic amines is 1. The molecule has 1 aliphatic rings. The van der Waals surface area contributed by atoms with Crippen LogP contribution in [-0.2, 0) is 4.79 Å². The summed E-state index contributed by atoms with van der Waals surface area (Å²) in [5, 5.41) is 0.605. The molecule has 0 radical (unpaired) electrons. The van der Waals surface area contributed by atoms with E-state index >= 15 is 4.39 Å². The average molecular weight is 450 g/mol. The molecule has 3 aromatic rings. The molecular formula is C26H28FN3O3. The summed E-state index contributed by atoms with van der Waals surface area (Å²) in [4.78, 5) is 30.8. The van der Waals surface area contributed by atoms with Gasteiger partial charge in [-0.3, -0.25) is 9.59 Å². The third-order valence-corrected chi connectivity index (χ3v) is 6.16. The van der Waals surface area contributed by atoms with E-state index in [2.05, 4.69) is 4.98 Å². The second-order valence-electron chi connectivity index (χ2n) is 8.57. The molecule has 0 unspecified atom stereocenters. The first-order valence-electron chi connectivity index (χ1n) is 10.9. The highest BCUT2D eigenvalue weighted by Gasteiger charge is 2.25. The zero-order valence-corrected chi connectivity index (χ0v) is 19.6. The lowest BCUT2D eigenvalue weighted by Gasteiger charge is -2.27. The number of H-pyrrole nitrogens is 1. The number of fused-ring (bicyclic) bond motifs is 1. The van der Waals surface area contributed by atoms with Gasteiger partial charge >= 0.3 is 0 Å². The van der Waals surface area contributed by atoms with Crippen molar-refractivity contribution >= 4 is 28.3 Å². The van der Waals surface area contributed by atoms with E-state index in [9.17, 15) is 9.59 Å². The first-order valence-corrected chi connectivity index (χ1v) is 10.9. The molecule has 2 aromatic carbocycles. The molecule has 1 aliphatic heterocycles. The monoisotopic (exact) mass is 449 g/mol. The summed E-state index contributed by atoms with van der Waals surface area (Å²) in [5.74, 6) is -0.0506. The summed E-state index contributed by atoms with van der Waals surface area (Å²) >= 11 is 0. The number of aryl methyl sites for hydroxylation is 1. The number of carbonyl (C=O) groups is 2. The zero-order chi connectivity index (χ0) is 23.9. The third kappa shape index (κ3) is 3.99. The lowest BCUT2D eigenvalue weighted by atomic mass is 9.91. The van der Waals surface area contributed by atoms with Crippen molar-refractivity contribution in [2.24, 2.45) is 0 Å². The zero-order valence-electron chi connectivity index (χ0n) is 19.6. The van der Waals surface area contributed by atoms with Crippen molar-refractivity contribution < 1.29 is 18.7 Å². The SMILES string of the molecule is COc1cccc(C)c1-c1cc(C2=CCCN(C(C)=O)C2)c(F)c2[nH]c(C(=O)N(C)C)cc12. The van der Waals surface area contributed by atoms with Crippen LogP contribution in [0.3, 0.4) is 0 Å². The molecule has 33 heavy (non-hydrogen) atoms. The van der Waals surface area contributed by atoms with Crippen molar-refractivity contribution in [3.63, 3.8) is 0 Å². The number of ether oxygens (including phenoxy) is 1. The molecule has 0 fully saturated rings. The Bertz CT molecular complexity index is 1290. The number of halogens is 1. The molecule has 172 valence electrons. The van der Waals surface area contributed by atoms with Crippen LogP contribution in [0.15, 0.2) is 36.4 Å². The van der Waals surface area contributed by atoms with Gasteiger partial charge in [0.2, 0.25) is 5.91 Å². The molecule has 2 amide bonds. The molecular weight excluding hydrogens is 421 g/mol. The van der Waals surface area contributed by atoms with Gasteiger partial charge in [0.05, 0.1) is 12.6 Å². The number of amides is 2. The van der Waals surface area contributed by atoms with Crippen LogP contribution in [0.2, 0.25) is 0 Å². The van der Waals surface area contributed by atoms with Gasteiger partial charge in [-0.2, -0.15) is 0 Å². The summed E-state index contributed by atoms with van der Waals surface area (Å²) < 4.78 is 21.5. The maximum Gasteiger partial charge on any atom is 0.269 e. The summed E-state index contributed by atoms with van der Waals surface area (Å²) in [7, 11) is 4.92. The second kappa shape index (κ2) is 8.73. The van der Waals surface area contributed by atoms with E-state index in [1.165, 1.54) is 11.8 Å². The molecule has 0 saturated heterocycles. The molecule has 1 N–H and O–H groups in total. The van der Waals surface area contributed by atoms with Gasteiger partial charge in [0.1, 0.15) is 11.4 Å². The molecule has 6 nitrogen and oxygen atoms in total. The minimum Gasteiger partial charge on any atom is -0.496 e. The van der Waals surface area contributed by atoms with Gasteiger partial charge < -0.3 is 19.5 Å². The fourth-order valence-electron chi connectivity index (χ4n) is 4.42. The van der Waals surface area contributed by atoms with Crippen LogP contribution >= 0.6 is 0 Å². The number of carbonyl (C=O) groups excluding carboxylic acids is 2. The molecule has 7 heteroatoms. The smallest absolute Gasteiger partial charge is 0.269 e. The van der Waals surface area contributed by atoms with Crippen molar-refractivity contribution in [3.8, 4) is 16.9 Å². The number of nitrogens with zero attached hydrogens (tertiary/aromatic N) is 2. The molecule has 1 aromatic heterocycles. The highest BCUT2D eigenvalue weighted by Crippen LogP contribution is 2.41. The number of aromatic nitrogens is 1. The van der Waals surface area contributed by atoms with Crippen molar-refractivity contribution in [1.82, 2.24) is 14.8 Å². The van der Waals surface area contributed by atoms with Gasteiger partial charge in [-0.1, -0.05) is 18.2 Å². The summed E-state index contributed by atoms with van der Waals surface area (Å²) in [6, 6.07) is 9.26. The normalized spacial score (nSPS) is 13.8. The van der Waals surface area contributed by atoms with Gasteiger partial charge in [-0.15, -0.1) is 0 Å². The highest BCUT2D eigenvalue weighted by molar-refractivity contribution is 6.05. The lowest BCUT2D eigenvalue weighted by Crippen LogP contribution is -2.33. The number of nitrogens with one attached hydrogen (secondary N) is 1. The predicted molar refractivity (Wildman–Crippen MR) is 128 cm³/mol. The Morgan fingerprint density at radius 3 is 2.61 bits per heavy atom. The van der Waals surface area contributed by atoms with Crippen molar-refractivity contribution in [1.29, 1.82) is 0 Å². The Balaban J connectivity index is 2.02. The second-order valence-corrected chi connectivity index (χ2v) is 8.57. The molecule has 2 heterocycles. The number of benzene rings is 2. The maximum atomic E-state index is 15.9. The Kier molecular flexibility index (Phi) is 5.97. The number of rotatable bonds is 4. The Labute approximate surface area is 192 Å². The van der Waals surface area contributed by atoms with Gasteiger partial charge in [0.15, 0.2) is 5.82 Å². The van der Waals surface area contributed by atoms with E-state index in [1.807, 2.05) is 37.3 Å². The van der Waals surface area contributed by atoms with Gasteiger partial charge in [-0.25, -0.2) is 4.39 Å². The van der Waals surface area contributed by atoms with Gasteiger partial charge in [0.25, 0.3) is 5.91 Å². The average Bonchev–Trinajstić information content (AvgIpc) is 3.25. The molecule has 0 aliphatic carbocycles. The van der Waals surface area contributed by atoms with E-state index in [1.54, 1.807) is 32.2 Å². The minimum absolute atomic E-state index is 0.0402. The van der Waals surface area contributed by atoms with Crippen LogP contribution in [-0.4, -0.2) is 60.9 Å². The number of hydrogen-bond donors (Lipinski definition) is 1. The van der Waals surface area contributed by atoms with Crippen molar-refractivity contribution in [2.75, 3.05) is 34.3 Å². The molecule has 0 atom stereocenters. The van der Waals surface area contributed by atoms with Crippen LogP contribution in [0, 0.1) is 12.7 Å². The first-order chi connectivity index (χ1) is 15.7. The largest absolute Gasteiger partial charge is 0.496 e. The fraction of sp³-hybridized carbons (Fsp3) is 0.308. The topological polar surface area (TPSA) is 65.6 Å². The van der Waals surface area contributed by atoms with Crippen LogP contribution in [0.1, 0.15) is 35.0 Å². The summed E-state index contributed by atoms with van der Waals surface area (Å²) in [6.45, 7) is 4.45. The van der Waals surface area contributed by atoms with E-state index in [0.717, 1.165) is 22.3 Å². The van der Waals surface area contributed by atoms with Crippen molar-refractivity contribution in [3.05, 3.63) is 59.0 Å². The Hall–Kier alpha value is -3.61. The molecule has 0 spiro atoms. The molecule has 0 bridgehead atoms.